The number of likely N-dealkylation sites (tertiary alicyclic amines) is 1. The van der Waals surface area contributed by atoms with Gasteiger partial charge in [0.1, 0.15) is 0 Å². The second-order valence-electron chi connectivity index (χ2n) is 6.98. The largest absolute Gasteiger partial charge is 0.469 e. The number of piperidine rings is 1. The zero-order valence-electron chi connectivity index (χ0n) is 16.6. The third-order valence-electron chi connectivity index (χ3n) is 4.83. The smallest absolute Gasteiger partial charge is 0.305 e. The van der Waals surface area contributed by atoms with Gasteiger partial charge in [0.25, 0.3) is 0 Å². The molecule has 28 heavy (non-hydrogen) atoms. The van der Waals surface area contributed by atoms with Crippen molar-refractivity contribution < 1.29 is 19.4 Å². The molecule has 0 aliphatic carbocycles. The van der Waals surface area contributed by atoms with Crippen molar-refractivity contribution in [2.24, 2.45) is 0 Å². The zero-order valence-corrected chi connectivity index (χ0v) is 17.4. The number of nitrogens with zero attached hydrogens (tertiary/aromatic N) is 1. The standard InChI is InChI=1S/C22H31NO4S/c1-27-22(26)11-6-15-28-16-14-23-19(9-5-10-21(23)25)12-13-20(24)17-18-7-3-2-4-8-18/h2-4,7-8,12-13,19-20,24H,5-6,9-11,14-17H2,1H3/t19?,20-/m0/s1. The van der Waals surface area contributed by atoms with Crippen LogP contribution in [-0.4, -0.2) is 59.2 Å². The highest BCUT2D eigenvalue weighted by molar-refractivity contribution is 7.99. The first kappa shape index (κ1) is 22.5. The number of esters is 1. The van der Waals surface area contributed by atoms with Crippen LogP contribution in [0.1, 0.15) is 37.7 Å². The zero-order chi connectivity index (χ0) is 20.2. The number of hydrogen-bond acceptors (Lipinski definition) is 5. The lowest BCUT2D eigenvalue weighted by Crippen LogP contribution is -2.43. The summed E-state index contributed by atoms with van der Waals surface area (Å²) < 4.78 is 4.63. The number of amides is 1. The van der Waals surface area contributed by atoms with E-state index in [-0.39, 0.29) is 17.9 Å². The van der Waals surface area contributed by atoms with Crippen molar-refractivity contribution in [3.8, 4) is 0 Å². The van der Waals surface area contributed by atoms with E-state index in [4.69, 9.17) is 0 Å². The number of carbonyl (C=O) groups is 2. The van der Waals surface area contributed by atoms with Crippen molar-refractivity contribution in [3.05, 3.63) is 48.0 Å². The minimum absolute atomic E-state index is 0.0577. The third kappa shape index (κ3) is 8.07. The molecule has 1 N–H and O–H groups in total. The molecule has 1 aromatic carbocycles. The van der Waals surface area contributed by atoms with Crippen LogP contribution >= 0.6 is 11.8 Å². The van der Waals surface area contributed by atoms with E-state index in [1.165, 1.54) is 7.11 Å². The Morgan fingerprint density at radius 3 is 2.89 bits per heavy atom. The normalized spacial score (nSPS) is 18.4. The van der Waals surface area contributed by atoms with Crippen LogP contribution in [0.5, 0.6) is 0 Å². The average Bonchev–Trinajstić information content (AvgIpc) is 2.70. The van der Waals surface area contributed by atoms with Crippen LogP contribution in [0, 0.1) is 0 Å². The molecule has 1 fully saturated rings. The maximum absolute atomic E-state index is 12.3. The predicted octanol–water partition coefficient (Wildman–Crippen LogP) is 3.21. The van der Waals surface area contributed by atoms with E-state index in [0.29, 0.717) is 25.8 Å². The van der Waals surface area contributed by atoms with Crippen LogP contribution in [0.3, 0.4) is 0 Å². The van der Waals surface area contributed by atoms with Crippen LogP contribution in [-0.2, 0) is 20.7 Å². The molecule has 0 bridgehead atoms. The number of thioether (sulfide) groups is 1. The van der Waals surface area contributed by atoms with Crippen molar-refractivity contribution in [1.29, 1.82) is 0 Å². The monoisotopic (exact) mass is 405 g/mol. The topological polar surface area (TPSA) is 66.8 Å². The summed E-state index contributed by atoms with van der Waals surface area (Å²) in [4.78, 5) is 25.4. The number of aliphatic hydroxyl groups excluding tert-OH is 1. The molecule has 2 atom stereocenters. The fourth-order valence-corrected chi connectivity index (χ4v) is 4.18. The summed E-state index contributed by atoms with van der Waals surface area (Å²) in [7, 11) is 1.40. The summed E-state index contributed by atoms with van der Waals surface area (Å²) >= 11 is 1.75. The highest BCUT2D eigenvalue weighted by Crippen LogP contribution is 2.20. The van der Waals surface area contributed by atoms with Crippen LogP contribution in [0.15, 0.2) is 42.5 Å². The lowest BCUT2D eigenvalue weighted by Gasteiger charge is -2.34. The number of carbonyl (C=O) groups excluding carboxylic acids is 2. The Morgan fingerprint density at radius 2 is 2.14 bits per heavy atom. The van der Waals surface area contributed by atoms with Gasteiger partial charge in [0.05, 0.1) is 19.3 Å². The Bertz CT molecular complexity index is 635. The molecule has 1 heterocycles. The molecule has 1 aromatic rings. The quantitative estimate of drug-likeness (QED) is 0.348. The first-order valence-corrected chi connectivity index (χ1v) is 11.1. The molecule has 6 heteroatoms. The molecule has 1 aliphatic heterocycles. The van der Waals surface area contributed by atoms with Crippen molar-refractivity contribution in [2.75, 3.05) is 25.2 Å². The second-order valence-corrected chi connectivity index (χ2v) is 8.21. The van der Waals surface area contributed by atoms with E-state index < -0.39 is 6.10 Å². The van der Waals surface area contributed by atoms with Crippen LogP contribution in [0.4, 0.5) is 0 Å². The van der Waals surface area contributed by atoms with Crippen LogP contribution in [0.2, 0.25) is 0 Å². The Balaban J connectivity index is 1.77. The highest BCUT2D eigenvalue weighted by atomic mass is 32.2. The Labute approximate surface area is 172 Å². The highest BCUT2D eigenvalue weighted by Gasteiger charge is 2.25. The molecule has 154 valence electrons. The number of hydrogen-bond donors (Lipinski definition) is 1. The Hall–Kier alpha value is -1.79. The number of methoxy groups -OCH3 is 1. The first-order chi connectivity index (χ1) is 13.6. The van der Waals surface area contributed by atoms with Crippen LogP contribution < -0.4 is 0 Å². The number of benzene rings is 1. The van der Waals surface area contributed by atoms with Crippen molar-refractivity contribution >= 4 is 23.6 Å². The summed E-state index contributed by atoms with van der Waals surface area (Å²) in [5.41, 5.74) is 1.10. The average molecular weight is 406 g/mol. The van der Waals surface area contributed by atoms with E-state index in [9.17, 15) is 14.7 Å². The van der Waals surface area contributed by atoms with E-state index in [0.717, 1.165) is 36.3 Å². The van der Waals surface area contributed by atoms with E-state index in [1.54, 1.807) is 11.8 Å². The number of ether oxygens (including phenoxy) is 1. The maximum Gasteiger partial charge on any atom is 0.305 e. The summed E-state index contributed by atoms with van der Waals surface area (Å²) in [6, 6.07) is 9.97. The molecular formula is C22H31NO4S. The van der Waals surface area contributed by atoms with Crippen molar-refractivity contribution in [2.45, 2.75) is 50.7 Å². The Morgan fingerprint density at radius 1 is 1.36 bits per heavy atom. The fraction of sp³-hybridized carbons (Fsp3) is 0.545. The summed E-state index contributed by atoms with van der Waals surface area (Å²) in [5, 5.41) is 10.3. The molecular weight excluding hydrogens is 374 g/mol. The Kier molecular flexibility index (Phi) is 10.1. The lowest BCUT2D eigenvalue weighted by molar-refractivity contribution is -0.140. The van der Waals surface area contributed by atoms with E-state index in [1.807, 2.05) is 47.4 Å². The number of aliphatic hydroxyl groups is 1. The SMILES string of the molecule is COC(=O)CCCSCCN1C(=O)CCCC1C=C[C@H](O)Cc1ccccc1. The van der Waals surface area contributed by atoms with Gasteiger partial charge in [0.2, 0.25) is 5.91 Å². The van der Waals surface area contributed by atoms with Crippen molar-refractivity contribution in [1.82, 2.24) is 4.90 Å². The summed E-state index contributed by atoms with van der Waals surface area (Å²) in [6.45, 7) is 0.700. The minimum Gasteiger partial charge on any atom is -0.469 e. The number of rotatable bonds is 11. The lowest BCUT2D eigenvalue weighted by atomic mass is 10.00. The fourth-order valence-electron chi connectivity index (χ4n) is 3.30. The van der Waals surface area contributed by atoms with Gasteiger partial charge < -0.3 is 14.7 Å². The summed E-state index contributed by atoms with van der Waals surface area (Å²) in [6.07, 6.45) is 7.52. The first-order valence-electron chi connectivity index (χ1n) is 9.94. The van der Waals surface area contributed by atoms with Gasteiger partial charge in [-0.1, -0.05) is 42.5 Å². The van der Waals surface area contributed by atoms with Gasteiger partial charge in [-0.25, -0.2) is 0 Å². The molecule has 1 aliphatic rings. The summed E-state index contributed by atoms with van der Waals surface area (Å²) in [5.74, 6) is 1.75. The molecule has 1 saturated heterocycles. The van der Waals surface area contributed by atoms with Crippen LogP contribution in [0.25, 0.3) is 0 Å². The molecule has 1 amide bonds. The minimum atomic E-state index is -0.547. The van der Waals surface area contributed by atoms with Gasteiger partial charge in [0.15, 0.2) is 0 Å². The maximum atomic E-state index is 12.3. The van der Waals surface area contributed by atoms with E-state index in [2.05, 4.69) is 4.74 Å². The third-order valence-corrected chi connectivity index (χ3v) is 5.88. The predicted molar refractivity (Wildman–Crippen MR) is 113 cm³/mol. The van der Waals surface area contributed by atoms with Gasteiger partial charge in [-0.15, -0.1) is 0 Å². The van der Waals surface area contributed by atoms with Gasteiger partial charge in [-0.05, 0) is 30.6 Å². The molecule has 0 radical (unpaired) electrons. The van der Waals surface area contributed by atoms with Gasteiger partial charge in [-0.2, -0.15) is 11.8 Å². The van der Waals surface area contributed by atoms with Crippen molar-refractivity contribution in [3.63, 3.8) is 0 Å². The van der Waals surface area contributed by atoms with Gasteiger partial charge >= 0.3 is 5.97 Å². The molecule has 2 rings (SSSR count). The molecule has 0 aromatic heterocycles. The molecule has 1 unspecified atom stereocenters. The van der Waals surface area contributed by atoms with Gasteiger partial charge in [0, 0.05) is 31.6 Å². The van der Waals surface area contributed by atoms with E-state index >= 15 is 0 Å². The second kappa shape index (κ2) is 12.6. The van der Waals surface area contributed by atoms with Gasteiger partial charge in [-0.3, -0.25) is 9.59 Å². The molecule has 0 saturated carbocycles. The molecule has 5 nitrogen and oxygen atoms in total. The molecule has 0 spiro atoms.